The second-order valence-corrected chi connectivity index (χ2v) is 6.83. The molecule has 4 nitrogen and oxygen atoms in total. The maximum absolute atomic E-state index is 12.2. The van der Waals surface area contributed by atoms with Crippen molar-refractivity contribution in [2.75, 3.05) is 32.7 Å². The van der Waals surface area contributed by atoms with E-state index in [-0.39, 0.29) is 6.03 Å². The second kappa shape index (κ2) is 8.13. The zero-order valence-corrected chi connectivity index (χ0v) is 14.1. The number of amides is 2. The predicted molar refractivity (Wildman–Crippen MR) is 94.7 cm³/mol. The molecule has 1 aromatic heterocycles. The van der Waals surface area contributed by atoms with Gasteiger partial charge in [0.2, 0.25) is 0 Å². The lowest BCUT2D eigenvalue weighted by Gasteiger charge is -2.34. The van der Waals surface area contributed by atoms with Gasteiger partial charge in [0, 0.05) is 37.6 Å². The Kier molecular flexibility index (Phi) is 5.66. The van der Waals surface area contributed by atoms with Gasteiger partial charge >= 0.3 is 6.03 Å². The largest absolute Gasteiger partial charge is 0.333 e. The topological polar surface area (TPSA) is 35.6 Å². The molecule has 2 aromatic rings. The highest BCUT2D eigenvalue weighted by Crippen LogP contribution is 2.09. The van der Waals surface area contributed by atoms with Crippen LogP contribution in [-0.2, 0) is 13.0 Å². The maximum atomic E-state index is 12.2. The minimum atomic E-state index is 0.0566. The molecule has 2 heterocycles. The molecule has 0 radical (unpaired) electrons. The Bertz CT molecular complexity index is 592. The van der Waals surface area contributed by atoms with Crippen molar-refractivity contribution in [2.45, 2.75) is 13.0 Å². The lowest BCUT2D eigenvalue weighted by molar-refractivity contribution is 0.140. The van der Waals surface area contributed by atoms with E-state index in [1.165, 1.54) is 10.4 Å². The quantitative estimate of drug-likeness (QED) is 0.915. The van der Waals surface area contributed by atoms with Crippen molar-refractivity contribution >= 4 is 17.4 Å². The molecule has 5 heteroatoms. The zero-order chi connectivity index (χ0) is 15.9. The Morgan fingerprint density at radius 2 is 1.83 bits per heavy atom. The Labute approximate surface area is 141 Å². The van der Waals surface area contributed by atoms with Gasteiger partial charge in [-0.25, -0.2) is 4.79 Å². The molecular weight excluding hydrogens is 306 g/mol. The van der Waals surface area contributed by atoms with Crippen LogP contribution in [0.15, 0.2) is 47.8 Å². The van der Waals surface area contributed by atoms with Gasteiger partial charge in [-0.05, 0) is 23.4 Å². The molecule has 0 aliphatic carbocycles. The van der Waals surface area contributed by atoms with Crippen LogP contribution in [0.1, 0.15) is 10.4 Å². The molecule has 0 spiro atoms. The molecule has 1 saturated heterocycles. The van der Waals surface area contributed by atoms with Gasteiger partial charge in [-0.3, -0.25) is 4.90 Å². The van der Waals surface area contributed by atoms with Crippen molar-refractivity contribution < 1.29 is 4.79 Å². The van der Waals surface area contributed by atoms with Crippen molar-refractivity contribution in [1.29, 1.82) is 0 Å². The van der Waals surface area contributed by atoms with Crippen molar-refractivity contribution in [3.8, 4) is 0 Å². The summed E-state index contributed by atoms with van der Waals surface area (Å²) < 4.78 is 0. The highest BCUT2D eigenvalue weighted by molar-refractivity contribution is 7.09. The van der Waals surface area contributed by atoms with E-state index in [1.54, 1.807) is 11.3 Å². The number of carbonyl (C=O) groups is 1. The number of nitrogens with zero attached hydrogens (tertiary/aromatic N) is 2. The highest BCUT2D eigenvalue weighted by Gasteiger charge is 2.20. The monoisotopic (exact) mass is 329 g/mol. The lowest BCUT2D eigenvalue weighted by atomic mass is 10.1. The predicted octanol–water partition coefficient (Wildman–Crippen LogP) is 2.82. The van der Waals surface area contributed by atoms with Crippen LogP contribution >= 0.6 is 11.3 Å². The minimum absolute atomic E-state index is 0.0566. The first-order chi connectivity index (χ1) is 11.3. The van der Waals surface area contributed by atoms with E-state index in [0.29, 0.717) is 6.54 Å². The molecule has 1 N–H and O–H groups in total. The van der Waals surface area contributed by atoms with Gasteiger partial charge in [0.05, 0.1) is 6.54 Å². The molecule has 1 aliphatic rings. The SMILES string of the molecule is O=C(NCc1cccs1)N1CCN(CCc2ccccc2)CC1. The number of benzene rings is 1. The summed E-state index contributed by atoms with van der Waals surface area (Å²) in [6.07, 6.45) is 1.07. The molecule has 3 rings (SSSR count). The van der Waals surface area contributed by atoms with Crippen LogP contribution < -0.4 is 5.32 Å². The normalized spacial score (nSPS) is 15.6. The average molecular weight is 329 g/mol. The fourth-order valence-corrected chi connectivity index (χ4v) is 3.44. The van der Waals surface area contributed by atoms with Gasteiger partial charge in [0.15, 0.2) is 0 Å². The van der Waals surface area contributed by atoms with Crippen LogP contribution in [0.3, 0.4) is 0 Å². The molecule has 2 amide bonds. The smallest absolute Gasteiger partial charge is 0.317 e. The number of urea groups is 1. The molecule has 1 aliphatic heterocycles. The Hall–Kier alpha value is -1.85. The lowest BCUT2D eigenvalue weighted by Crippen LogP contribution is -2.51. The molecule has 0 unspecified atom stereocenters. The first kappa shape index (κ1) is 16.0. The number of hydrogen-bond acceptors (Lipinski definition) is 3. The number of thiophene rings is 1. The van der Waals surface area contributed by atoms with Gasteiger partial charge in [0.25, 0.3) is 0 Å². The molecular formula is C18H23N3OS. The summed E-state index contributed by atoms with van der Waals surface area (Å²) in [7, 11) is 0. The molecule has 23 heavy (non-hydrogen) atoms. The average Bonchev–Trinajstić information content (AvgIpc) is 3.13. The summed E-state index contributed by atoms with van der Waals surface area (Å²) >= 11 is 1.67. The van der Waals surface area contributed by atoms with E-state index >= 15 is 0 Å². The molecule has 1 aromatic carbocycles. The first-order valence-corrected chi connectivity index (χ1v) is 9.01. The van der Waals surface area contributed by atoms with Crippen molar-refractivity contribution in [2.24, 2.45) is 0 Å². The minimum Gasteiger partial charge on any atom is -0.333 e. The molecule has 0 bridgehead atoms. The van der Waals surface area contributed by atoms with Gasteiger partial charge in [-0.2, -0.15) is 0 Å². The van der Waals surface area contributed by atoms with E-state index in [4.69, 9.17) is 0 Å². The van der Waals surface area contributed by atoms with Gasteiger partial charge in [-0.1, -0.05) is 36.4 Å². The van der Waals surface area contributed by atoms with Gasteiger partial charge in [0.1, 0.15) is 0 Å². The molecule has 0 atom stereocenters. The van der Waals surface area contributed by atoms with Crippen LogP contribution in [0.4, 0.5) is 4.79 Å². The van der Waals surface area contributed by atoms with Gasteiger partial charge in [-0.15, -0.1) is 11.3 Å². The number of rotatable bonds is 5. The fourth-order valence-electron chi connectivity index (χ4n) is 2.79. The second-order valence-electron chi connectivity index (χ2n) is 5.80. The van der Waals surface area contributed by atoms with E-state index < -0.39 is 0 Å². The van der Waals surface area contributed by atoms with Crippen LogP contribution in [-0.4, -0.2) is 48.6 Å². The Morgan fingerprint density at radius 3 is 2.52 bits per heavy atom. The van der Waals surface area contributed by atoms with Crippen LogP contribution in [0.2, 0.25) is 0 Å². The molecule has 1 fully saturated rings. The van der Waals surface area contributed by atoms with Crippen LogP contribution in [0.25, 0.3) is 0 Å². The van der Waals surface area contributed by atoms with E-state index in [0.717, 1.165) is 39.1 Å². The summed E-state index contributed by atoms with van der Waals surface area (Å²) in [6, 6.07) is 14.7. The summed E-state index contributed by atoms with van der Waals surface area (Å²) in [5.41, 5.74) is 1.38. The van der Waals surface area contributed by atoms with Crippen LogP contribution in [0, 0.1) is 0 Å². The third-order valence-corrected chi connectivity index (χ3v) is 5.09. The molecule has 122 valence electrons. The van der Waals surface area contributed by atoms with Crippen molar-refractivity contribution in [3.63, 3.8) is 0 Å². The summed E-state index contributed by atoms with van der Waals surface area (Å²) in [4.78, 5) is 17.7. The van der Waals surface area contributed by atoms with Crippen LogP contribution in [0.5, 0.6) is 0 Å². The first-order valence-electron chi connectivity index (χ1n) is 8.13. The standard InChI is InChI=1S/C18H23N3OS/c22-18(19-15-17-7-4-14-23-17)21-12-10-20(11-13-21)9-8-16-5-2-1-3-6-16/h1-7,14H,8-13,15H2,(H,19,22). The number of carbonyl (C=O) groups excluding carboxylic acids is 1. The van der Waals surface area contributed by atoms with Crippen molar-refractivity contribution in [1.82, 2.24) is 15.1 Å². The van der Waals surface area contributed by atoms with E-state index in [1.807, 2.05) is 22.4 Å². The third-order valence-electron chi connectivity index (χ3n) is 4.21. The number of piperazine rings is 1. The van der Waals surface area contributed by atoms with E-state index in [9.17, 15) is 4.79 Å². The van der Waals surface area contributed by atoms with Crippen molar-refractivity contribution in [3.05, 3.63) is 58.3 Å². The molecule has 0 saturated carbocycles. The Morgan fingerprint density at radius 1 is 1.04 bits per heavy atom. The Balaban J connectivity index is 1.37. The highest BCUT2D eigenvalue weighted by atomic mass is 32.1. The number of nitrogens with one attached hydrogen (secondary N) is 1. The summed E-state index contributed by atoms with van der Waals surface area (Å²) in [5, 5.41) is 5.04. The zero-order valence-electron chi connectivity index (χ0n) is 13.3. The summed E-state index contributed by atoms with van der Waals surface area (Å²) in [5.74, 6) is 0. The van der Waals surface area contributed by atoms with Gasteiger partial charge < -0.3 is 10.2 Å². The fraction of sp³-hybridized carbons (Fsp3) is 0.389. The van der Waals surface area contributed by atoms with E-state index in [2.05, 4.69) is 40.5 Å². The third kappa shape index (κ3) is 4.81. The maximum Gasteiger partial charge on any atom is 0.317 e. The number of hydrogen-bond donors (Lipinski definition) is 1. The summed E-state index contributed by atoms with van der Waals surface area (Å²) in [6.45, 7) is 5.23.